The first-order chi connectivity index (χ1) is 9.78. The molecular formula is C18H24N2. The average Bonchev–Trinajstić information content (AvgIpc) is 2.80. The van der Waals surface area contributed by atoms with Gasteiger partial charge in [0.15, 0.2) is 0 Å². The Hall–Kier alpha value is -1.28. The van der Waals surface area contributed by atoms with E-state index in [1.165, 1.54) is 31.3 Å². The van der Waals surface area contributed by atoms with Crippen LogP contribution in [-0.4, -0.2) is 17.2 Å². The Kier molecular flexibility index (Phi) is 2.88. The second-order valence-corrected chi connectivity index (χ2v) is 6.76. The summed E-state index contributed by atoms with van der Waals surface area (Å²) in [5.74, 6) is 1.51. The maximum atomic E-state index is 3.79. The highest BCUT2D eigenvalue weighted by Gasteiger charge is 2.35. The molecule has 0 saturated carbocycles. The highest BCUT2D eigenvalue weighted by atomic mass is 15.0. The molecule has 106 valence electrons. The smallest absolute Gasteiger partial charge is 0.0486 e. The summed E-state index contributed by atoms with van der Waals surface area (Å²) in [4.78, 5) is 0. The van der Waals surface area contributed by atoms with E-state index in [9.17, 15) is 0 Å². The van der Waals surface area contributed by atoms with E-state index in [1.54, 1.807) is 16.5 Å². The fraction of sp³-hybridized carbons (Fsp3) is 0.556. The van der Waals surface area contributed by atoms with Crippen molar-refractivity contribution in [3.8, 4) is 0 Å². The van der Waals surface area contributed by atoms with Crippen molar-refractivity contribution >= 4 is 10.9 Å². The average molecular weight is 268 g/mol. The van der Waals surface area contributed by atoms with Gasteiger partial charge in [0, 0.05) is 35.6 Å². The van der Waals surface area contributed by atoms with Gasteiger partial charge in [-0.05, 0) is 48.9 Å². The first-order valence-corrected chi connectivity index (χ1v) is 8.12. The predicted octanol–water partition coefficient (Wildman–Crippen LogP) is 3.69. The minimum Gasteiger partial charge on any atom is -0.347 e. The lowest BCUT2D eigenvalue weighted by atomic mass is 9.74. The Morgan fingerprint density at radius 2 is 2.25 bits per heavy atom. The van der Waals surface area contributed by atoms with Crippen molar-refractivity contribution in [2.75, 3.05) is 6.54 Å². The van der Waals surface area contributed by atoms with Crippen molar-refractivity contribution in [2.24, 2.45) is 5.92 Å². The van der Waals surface area contributed by atoms with Crippen molar-refractivity contribution in [1.82, 2.24) is 9.88 Å². The molecule has 1 aliphatic carbocycles. The summed E-state index contributed by atoms with van der Waals surface area (Å²) in [5.41, 5.74) is 4.62. The number of hydrogen-bond acceptors (Lipinski definition) is 1. The number of hydrogen-bond donors (Lipinski definition) is 1. The van der Waals surface area contributed by atoms with Crippen LogP contribution >= 0.6 is 0 Å². The predicted molar refractivity (Wildman–Crippen MR) is 84.2 cm³/mol. The SMILES string of the molecule is CCCn1cc2c3c(cccc31)C1C[C@@H](C)CN[C@@H]1C2. The zero-order chi connectivity index (χ0) is 13.7. The molecule has 2 heterocycles. The standard InChI is InChI=1S/C18H24N2/c1-3-7-20-11-13-9-16-15(8-12(2)10-19-16)14-5-4-6-17(20)18(13)14/h4-6,11-12,15-16,19H,3,7-10H2,1-2H3/t12-,15?,16-/m1/s1. The molecule has 0 amide bonds. The number of piperidine rings is 1. The summed E-state index contributed by atoms with van der Waals surface area (Å²) in [5, 5.41) is 5.35. The lowest BCUT2D eigenvalue weighted by molar-refractivity contribution is 0.282. The number of aromatic nitrogens is 1. The molecule has 3 atom stereocenters. The molecule has 2 nitrogen and oxygen atoms in total. The van der Waals surface area contributed by atoms with E-state index >= 15 is 0 Å². The number of nitrogens with zero attached hydrogens (tertiary/aromatic N) is 1. The van der Waals surface area contributed by atoms with Crippen LogP contribution in [0.15, 0.2) is 24.4 Å². The minimum atomic E-state index is 0.654. The first kappa shape index (κ1) is 12.5. The molecule has 1 aromatic heterocycles. The lowest BCUT2D eigenvalue weighted by Gasteiger charge is -2.39. The topological polar surface area (TPSA) is 17.0 Å². The minimum absolute atomic E-state index is 0.654. The van der Waals surface area contributed by atoms with Crippen molar-refractivity contribution in [2.45, 2.75) is 51.6 Å². The van der Waals surface area contributed by atoms with Gasteiger partial charge in [0.05, 0.1) is 0 Å². The molecule has 1 aliphatic heterocycles. The molecule has 2 aliphatic rings. The first-order valence-electron chi connectivity index (χ1n) is 8.12. The Balaban J connectivity index is 1.88. The van der Waals surface area contributed by atoms with E-state index in [1.807, 2.05) is 0 Å². The van der Waals surface area contributed by atoms with Crippen LogP contribution < -0.4 is 5.32 Å². The Morgan fingerprint density at radius 1 is 1.35 bits per heavy atom. The van der Waals surface area contributed by atoms with Crippen LogP contribution in [-0.2, 0) is 13.0 Å². The number of nitrogens with one attached hydrogen (secondary N) is 1. The second kappa shape index (κ2) is 4.63. The van der Waals surface area contributed by atoms with Crippen LogP contribution in [0.1, 0.15) is 43.7 Å². The van der Waals surface area contributed by atoms with E-state index in [2.05, 4.69) is 48.1 Å². The van der Waals surface area contributed by atoms with Gasteiger partial charge in [0.1, 0.15) is 0 Å². The second-order valence-electron chi connectivity index (χ2n) is 6.76. The van der Waals surface area contributed by atoms with Crippen LogP contribution in [0.2, 0.25) is 0 Å². The summed E-state index contributed by atoms with van der Waals surface area (Å²) in [7, 11) is 0. The number of fused-ring (bicyclic) bond motifs is 2. The molecule has 1 N–H and O–H groups in total. The molecule has 2 aromatic rings. The molecule has 1 fully saturated rings. The van der Waals surface area contributed by atoms with Gasteiger partial charge in [-0.2, -0.15) is 0 Å². The largest absolute Gasteiger partial charge is 0.347 e. The van der Waals surface area contributed by atoms with Crippen LogP contribution in [0.25, 0.3) is 10.9 Å². The van der Waals surface area contributed by atoms with Crippen LogP contribution in [0.5, 0.6) is 0 Å². The van der Waals surface area contributed by atoms with Crippen molar-refractivity contribution < 1.29 is 0 Å². The lowest BCUT2D eigenvalue weighted by Crippen LogP contribution is -2.46. The number of benzene rings is 1. The van der Waals surface area contributed by atoms with Gasteiger partial charge in [0.25, 0.3) is 0 Å². The van der Waals surface area contributed by atoms with Gasteiger partial charge in [-0.1, -0.05) is 26.0 Å². The maximum absolute atomic E-state index is 3.79. The Morgan fingerprint density at radius 3 is 3.10 bits per heavy atom. The molecule has 0 bridgehead atoms. The molecule has 1 unspecified atom stereocenters. The van der Waals surface area contributed by atoms with Gasteiger partial charge in [0.2, 0.25) is 0 Å². The van der Waals surface area contributed by atoms with E-state index < -0.39 is 0 Å². The highest BCUT2D eigenvalue weighted by Crippen LogP contribution is 2.42. The molecule has 2 heteroatoms. The third-order valence-electron chi connectivity index (χ3n) is 5.19. The fourth-order valence-corrected chi connectivity index (χ4v) is 4.33. The van der Waals surface area contributed by atoms with Gasteiger partial charge >= 0.3 is 0 Å². The molecule has 4 rings (SSSR count). The third-order valence-corrected chi connectivity index (χ3v) is 5.19. The van der Waals surface area contributed by atoms with Crippen molar-refractivity contribution in [3.63, 3.8) is 0 Å². The quantitative estimate of drug-likeness (QED) is 0.879. The number of aryl methyl sites for hydroxylation is 1. The summed E-state index contributed by atoms with van der Waals surface area (Å²) in [6.07, 6.45) is 6.17. The van der Waals surface area contributed by atoms with Crippen molar-refractivity contribution in [1.29, 1.82) is 0 Å². The van der Waals surface area contributed by atoms with Gasteiger partial charge in [-0.25, -0.2) is 0 Å². The summed E-state index contributed by atoms with van der Waals surface area (Å²) >= 11 is 0. The van der Waals surface area contributed by atoms with Crippen molar-refractivity contribution in [3.05, 3.63) is 35.5 Å². The summed E-state index contributed by atoms with van der Waals surface area (Å²) in [6, 6.07) is 7.59. The Bertz CT molecular complexity index is 640. The molecule has 0 radical (unpaired) electrons. The third kappa shape index (κ3) is 1.74. The fourth-order valence-electron chi connectivity index (χ4n) is 4.33. The van der Waals surface area contributed by atoms with Crippen LogP contribution in [0.3, 0.4) is 0 Å². The van der Waals surface area contributed by atoms with E-state index in [0.29, 0.717) is 12.0 Å². The zero-order valence-electron chi connectivity index (χ0n) is 12.5. The number of rotatable bonds is 2. The zero-order valence-corrected chi connectivity index (χ0v) is 12.5. The van der Waals surface area contributed by atoms with Crippen LogP contribution in [0, 0.1) is 5.92 Å². The van der Waals surface area contributed by atoms with E-state index in [0.717, 1.165) is 12.5 Å². The monoisotopic (exact) mass is 268 g/mol. The van der Waals surface area contributed by atoms with E-state index in [4.69, 9.17) is 0 Å². The Labute approximate surface area is 121 Å². The van der Waals surface area contributed by atoms with E-state index in [-0.39, 0.29) is 0 Å². The summed E-state index contributed by atoms with van der Waals surface area (Å²) < 4.78 is 2.47. The maximum Gasteiger partial charge on any atom is 0.0486 e. The summed E-state index contributed by atoms with van der Waals surface area (Å²) in [6.45, 7) is 6.96. The molecule has 1 saturated heterocycles. The molecule has 0 spiro atoms. The molecule has 1 aromatic carbocycles. The van der Waals surface area contributed by atoms with Gasteiger partial charge in [-0.15, -0.1) is 0 Å². The molecular weight excluding hydrogens is 244 g/mol. The highest BCUT2D eigenvalue weighted by molar-refractivity contribution is 5.89. The normalized spacial score (nSPS) is 28.6. The van der Waals surface area contributed by atoms with Gasteiger partial charge < -0.3 is 9.88 Å². The van der Waals surface area contributed by atoms with Gasteiger partial charge in [-0.3, -0.25) is 0 Å². The molecule has 20 heavy (non-hydrogen) atoms. The van der Waals surface area contributed by atoms with Crippen LogP contribution in [0.4, 0.5) is 0 Å².